The fourth-order valence-corrected chi connectivity index (χ4v) is 4.69. The molecule has 158 valence electrons. The second-order valence-corrected chi connectivity index (χ2v) is 8.64. The number of amides is 1. The van der Waals surface area contributed by atoms with Gasteiger partial charge in [-0.1, -0.05) is 31.9 Å². The lowest BCUT2D eigenvalue weighted by Gasteiger charge is -2.34. The zero-order chi connectivity index (χ0) is 20.8. The third-order valence-corrected chi connectivity index (χ3v) is 6.57. The summed E-state index contributed by atoms with van der Waals surface area (Å²) in [7, 11) is -4.26. The standard InChI is InChI=1S/C18H26F3N3O3S/c1-2-3-6-9-22-17(25)14-23-10-12-24(13-11-23)28(26,27)16-8-5-4-7-15(16)18(19,20)21/h4-5,7-8H,2-3,6,9-14H2,1H3,(H,22,25). The first-order valence-electron chi connectivity index (χ1n) is 9.31. The average Bonchev–Trinajstić information content (AvgIpc) is 2.65. The summed E-state index contributed by atoms with van der Waals surface area (Å²) in [4.78, 5) is 13.0. The minimum absolute atomic E-state index is 0.0393. The third-order valence-electron chi connectivity index (χ3n) is 4.61. The molecule has 0 unspecified atom stereocenters. The van der Waals surface area contributed by atoms with Crippen molar-refractivity contribution < 1.29 is 26.4 Å². The summed E-state index contributed by atoms with van der Waals surface area (Å²) >= 11 is 0. The van der Waals surface area contributed by atoms with Crippen LogP contribution in [0.25, 0.3) is 0 Å². The van der Waals surface area contributed by atoms with Crippen molar-refractivity contribution in [1.82, 2.24) is 14.5 Å². The van der Waals surface area contributed by atoms with Crippen LogP contribution in [-0.4, -0.2) is 62.8 Å². The van der Waals surface area contributed by atoms with Gasteiger partial charge in [-0.3, -0.25) is 9.69 Å². The van der Waals surface area contributed by atoms with Crippen LogP contribution in [0.2, 0.25) is 0 Å². The number of unbranched alkanes of at least 4 members (excludes halogenated alkanes) is 2. The molecule has 1 fully saturated rings. The highest BCUT2D eigenvalue weighted by atomic mass is 32.2. The Morgan fingerprint density at radius 3 is 2.36 bits per heavy atom. The molecule has 28 heavy (non-hydrogen) atoms. The second kappa shape index (κ2) is 9.71. The summed E-state index contributed by atoms with van der Waals surface area (Å²) in [5.74, 6) is -0.130. The molecule has 2 rings (SSSR count). The number of carbonyl (C=O) groups excluding carboxylic acids is 1. The molecule has 0 aliphatic carbocycles. The zero-order valence-electron chi connectivity index (χ0n) is 15.8. The number of piperazine rings is 1. The van der Waals surface area contributed by atoms with Gasteiger partial charge in [0.2, 0.25) is 15.9 Å². The van der Waals surface area contributed by atoms with Gasteiger partial charge in [0.25, 0.3) is 0 Å². The highest BCUT2D eigenvalue weighted by Crippen LogP contribution is 2.35. The topological polar surface area (TPSA) is 69.7 Å². The molecule has 0 bridgehead atoms. The number of carbonyl (C=O) groups is 1. The van der Waals surface area contributed by atoms with E-state index in [0.29, 0.717) is 6.54 Å². The van der Waals surface area contributed by atoms with Crippen molar-refractivity contribution in [3.05, 3.63) is 29.8 Å². The van der Waals surface area contributed by atoms with Crippen LogP contribution in [0.15, 0.2) is 29.2 Å². The number of hydrogen-bond acceptors (Lipinski definition) is 4. The Bertz CT molecular complexity index is 761. The Kier molecular flexibility index (Phi) is 7.85. The molecule has 1 aromatic rings. The van der Waals surface area contributed by atoms with Gasteiger partial charge >= 0.3 is 6.18 Å². The molecule has 1 heterocycles. The summed E-state index contributed by atoms with van der Waals surface area (Å²) in [6, 6.07) is 4.19. The second-order valence-electron chi connectivity index (χ2n) is 6.73. The van der Waals surface area contributed by atoms with Gasteiger partial charge in [-0.05, 0) is 18.6 Å². The van der Waals surface area contributed by atoms with Crippen molar-refractivity contribution in [1.29, 1.82) is 0 Å². The molecule has 1 aliphatic rings. The van der Waals surface area contributed by atoms with Gasteiger partial charge in [-0.15, -0.1) is 0 Å². The lowest BCUT2D eigenvalue weighted by atomic mass is 10.2. The highest BCUT2D eigenvalue weighted by molar-refractivity contribution is 7.89. The summed E-state index contributed by atoms with van der Waals surface area (Å²) in [6.45, 7) is 3.48. The molecular formula is C18H26F3N3O3S. The van der Waals surface area contributed by atoms with Crippen LogP contribution in [0.4, 0.5) is 13.2 Å². The monoisotopic (exact) mass is 421 g/mol. The van der Waals surface area contributed by atoms with Crippen LogP contribution in [0, 0.1) is 0 Å². The number of hydrogen-bond donors (Lipinski definition) is 1. The van der Waals surface area contributed by atoms with Gasteiger partial charge in [-0.2, -0.15) is 17.5 Å². The van der Waals surface area contributed by atoms with Crippen molar-refractivity contribution >= 4 is 15.9 Å². The maximum atomic E-state index is 13.2. The predicted molar refractivity (Wildman–Crippen MR) is 99.2 cm³/mol. The Labute approximate surface area is 163 Å². The minimum Gasteiger partial charge on any atom is -0.355 e. The molecule has 0 radical (unpaired) electrons. The lowest BCUT2D eigenvalue weighted by Crippen LogP contribution is -2.51. The van der Waals surface area contributed by atoms with E-state index in [2.05, 4.69) is 12.2 Å². The first kappa shape index (κ1) is 22.6. The van der Waals surface area contributed by atoms with E-state index in [9.17, 15) is 26.4 Å². The van der Waals surface area contributed by atoms with E-state index < -0.39 is 26.7 Å². The number of halogens is 3. The van der Waals surface area contributed by atoms with E-state index >= 15 is 0 Å². The quantitative estimate of drug-likeness (QED) is 0.654. The van der Waals surface area contributed by atoms with Gasteiger partial charge in [-0.25, -0.2) is 8.42 Å². The number of sulfonamides is 1. The Hall–Kier alpha value is -1.65. The van der Waals surface area contributed by atoms with Crippen LogP contribution < -0.4 is 5.32 Å². The Morgan fingerprint density at radius 2 is 1.75 bits per heavy atom. The third kappa shape index (κ3) is 5.92. The molecule has 10 heteroatoms. The summed E-state index contributed by atoms with van der Waals surface area (Å²) in [6.07, 6.45) is -1.74. The van der Waals surface area contributed by atoms with Crippen LogP contribution in [-0.2, 0) is 21.0 Å². The first-order chi connectivity index (χ1) is 13.2. The highest BCUT2D eigenvalue weighted by Gasteiger charge is 2.39. The molecular weight excluding hydrogens is 395 g/mol. The maximum absolute atomic E-state index is 13.2. The minimum atomic E-state index is -4.75. The van der Waals surface area contributed by atoms with Gasteiger partial charge in [0, 0.05) is 32.7 Å². The van der Waals surface area contributed by atoms with E-state index in [1.54, 1.807) is 4.90 Å². The molecule has 1 aliphatic heterocycles. The van der Waals surface area contributed by atoms with E-state index in [1.807, 2.05) is 0 Å². The summed E-state index contributed by atoms with van der Waals surface area (Å²) in [5.41, 5.74) is -1.16. The van der Waals surface area contributed by atoms with Crippen molar-refractivity contribution in [2.45, 2.75) is 37.3 Å². The number of benzene rings is 1. The van der Waals surface area contributed by atoms with Gasteiger partial charge < -0.3 is 5.32 Å². The van der Waals surface area contributed by atoms with Crippen LogP contribution in [0.3, 0.4) is 0 Å². The molecule has 1 aromatic carbocycles. The van der Waals surface area contributed by atoms with Crippen molar-refractivity contribution in [3.8, 4) is 0 Å². The molecule has 1 saturated heterocycles. The van der Waals surface area contributed by atoms with Crippen LogP contribution in [0.5, 0.6) is 0 Å². The largest absolute Gasteiger partial charge is 0.417 e. The van der Waals surface area contributed by atoms with Crippen molar-refractivity contribution in [3.63, 3.8) is 0 Å². The normalized spacial score (nSPS) is 16.9. The van der Waals surface area contributed by atoms with Crippen molar-refractivity contribution in [2.24, 2.45) is 0 Å². The van der Waals surface area contributed by atoms with E-state index in [0.717, 1.165) is 35.7 Å². The number of rotatable bonds is 8. The van der Waals surface area contributed by atoms with Crippen LogP contribution >= 0.6 is 0 Å². The Balaban J connectivity index is 1.95. The molecule has 0 atom stereocenters. The summed E-state index contributed by atoms with van der Waals surface area (Å²) in [5, 5.41) is 2.82. The molecule has 1 amide bonds. The van der Waals surface area contributed by atoms with Crippen LogP contribution in [0.1, 0.15) is 31.7 Å². The first-order valence-corrected chi connectivity index (χ1v) is 10.8. The summed E-state index contributed by atoms with van der Waals surface area (Å²) < 4.78 is 66.0. The van der Waals surface area contributed by atoms with Gasteiger partial charge in [0.1, 0.15) is 0 Å². The molecule has 6 nitrogen and oxygen atoms in total. The zero-order valence-corrected chi connectivity index (χ0v) is 16.7. The predicted octanol–water partition coefficient (Wildman–Crippen LogP) is 2.32. The number of nitrogens with one attached hydrogen (secondary N) is 1. The van der Waals surface area contributed by atoms with E-state index in [4.69, 9.17) is 0 Å². The lowest BCUT2D eigenvalue weighted by molar-refractivity contribution is -0.140. The fourth-order valence-electron chi connectivity index (χ4n) is 3.05. The smallest absolute Gasteiger partial charge is 0.355 e. The molecule has 0 aromatic heterocycles. The number of alkyl halides is 3. The van der Waals surface area contributed by atoms with Gasteiger partial charge in [0.15, 0.2) is 0 Å². The van der Waals surface area contributed by atoms with E-state index in [1.165, 1.54) is 12.1 Å². The maximum Gasteiger partial charge on any atom is 0.417 e. The number of nitrogens with zero attached hydrogens (tertiary/aromatic N) is 2. The molecule has 0 spiro atoms. The molecule has 0 saturated carbocycles. The van der Waals surface area contributed by atoms with Gasteiger partial charge in [0.05, 0.1) is 17.0 Å². The molecule has 1 N–H and O–H groups in total. The SMILES string of the molecule is CCCCCNC(=O)CN1CCN(S(=O)(=O)c2ccccc2C(F)(F)F)CC1. The van der Waals surface area contributed by atoms with Crippen molar-refractivity contribution in [2.75, 3.05) is 39.3 Å². The average molecular weight is 421 g/mol. The van der Waals surface area contributed by atoms with E-state index in [-0.39, 0.29) is 38.6 Å². The Morgan fingerprint density at radius 1 is 1.11 bits per heavy atom. The fraction of sp³-hybridized carbons (Fsp3) is 0.611.